The highest BCUT2D eigenvalue weighted by Gasteiger charge is 2.65. The summed E-state index contributed by atoms with van der Waals surface area (Å²) >= 11 is 0. The van der Waals surface area contributed by atoms with Crippen LogP contribution in [0.15, 0.2) is 60.7 Å². The lowest BCUT2D eigenvalue weighted by Crippen LogP contribution is -2.70. The van der Waals surface area contributed by atoms with E-state index < -0.39 is 17.3 Å². The average Bonchev–Trinajstić information content (AvgIpc) is 2.70. The molecule has 0 aliphatic heterocycles. The van der Waals surface area contributed by atoms with E-state index in [0.29, 0.717) is 25.2 Å². The molecule has 0 amide bonds. The van der Waals surface area contributed by atoms with Crippen molar-refractivity contribution >= 4 is 5.97 Å². The maximum Gasteiger partial charge on any atom is 0.327 e. The van der Waals surface area contributed by atoms with Gasteiger partial charge in [0.1, 0.15) is 11.2 Å². The molecule has 146 valence electrons. The Morgan fingerprint density at radius 2 is 1.43 bits per heavy atom. The zero-order valence-corrected chi connectivity index (χ0v) is 15.9. The summed E-state index contributed by atoms with van der Waals surface area (Å²) in [7, 11) is 0. The second kappa shape index (κ2) is 6.41. The highest BCUT2D eigenvalue weighted by Crippen LogP contribution is 2.61. The molecule has 4 aliphatic carbocycles. The second-order valence-corrected chi connectivity index (χ2v) is 9.03. The Morgan fingerprint density at radius 1 is 0.929 bits per heavy atom. The van der Waals surface area contributed by atoms with Gasteiger partial charge in [-0.3, -0.25) is 4.79 Å². The molecule has 4 bridgehead atoms. The Labute approximate surface area is 165 Å². The Kier molecular flexibility index (Phi) is 4.09. The number of ether oxygens (including phenoxy) is 1. The van der Waals surface area contributed by atoms with Gasteiger partial charge in [-0.15, -0.1) is 0 Å². The number of esters is 1. The Balaban J connectivity index is 1.46. The molecule has 2 aromatic rings. The maximum absolute atomic E-state index is 15.1. The van der Waals surface area contributed by atoms with Crippen LogP contribution < -0.4 is 5.73 Å². The zero-order chi connectivity index (χ0) is 19.4. The van der Waals surface area contributed by atoms with Gasteiger partial charge in [0.25, 0.3) is 0 Å². The summed E-state index contributed by atoms with van der Waals surface area (Å²) in [6.45, 7) is 0. The molecular formula is C24H26FNO2. The molecular weight excluding hydrogens is 353 g/mol. The van der Waals surface area contributed by atoms with Crippen LogP contribution >= 0.6 is 0 Å². The molecule has 0 radical (unpaired) electrons. The second-order valence-electron chi connectivity index (χ2n) is 9.03. The number of benzene rings is 2. The predicted octanol–water partition coefficient (Wildman–Crippen LogP) is 4.56. The van der Waals surface area contributed by atoms with Gasteiger partial charge in [0.2, 0.25) is 0 Å². The molecule has 4 fully saturated rings. The van der Waals surface area contributed by atoms with E-state index in [-0.39, 0.29) is 17.8 Å². The van der Waals surface area contributed by atoms with Crippen molar-refractivity contribution in [2.24, 2.45) is 23.5 Å². The number of carbonyl (C=O) groups excluding carboxylic acids is 1. The van der Waals surface area contributed by atoms with Crippen LogP contribution in [-0.4, -0.2) is 17.2 Å². The first-order valence-corrected chi connectivity index (χ1v) is 10.3. The number of hydrogen-bond donors (Lipinski definition) is 1. The molecule has 2 aromatic carbocycles. The Bertz CT molecular complexity index is 813. The van der Waals surface area contributed by atoms with E-state index in [4.69, 9.17) is 10.5 Å². The van der Waals surface area contributed by atoms with Crippen molar-refractivity contribution in [3.05, 3.63) is 71.8 Å². The van der Waals surface area contributed by atoms with E-state index in [2.05, 4.69) is 0 Å². The first kappa shape index (κ1) is 17.9. The molecule has 0 unspecified atom stereocenters. The molecule has 4 heteroatoms. The van der Waals surface area contributed by atoms with Crippen LogP contribution in [0.4, 0.5) is 4.39 Å². The van der Waals surface area contributed by atoms with Crippen LogP contribution in [0.1, 0.15) is 49.3 Å². The van der Waals surface area contributed by atoms with Gasteiger partial charge in [-0.1, -0.05) is 60.7 Å². The molecule has 4 aliphatic rings. The van der Waals surface area contributed by atoms with Crippen LogP contribution in [0.2, 0.25) is 0 Å². The van der Waals surface area contributed by atoms with Crippen molar-refractivity contribution in [2.45, 2.75) is 49.4 Å². The Morgan fingerprint density at radius 3 is 1.89 bits per heavy atom. The Hall–Kier alpha value is -2.20. The smallest absolute Gasteiger partial charge is 0.327 e. The van der Waals surface area contributed by atoms with Crippen LogP contribution in [0.5, 0.6) is 0 Å². The number of rotatable bonds is 4. The normalized spacial score (nSPS) is 35.9. The summed E-state index contributed by atoms with van der Waals surface area (Å²) in [5, 5.41) is 0. The van der Waals surface area contributed by atoms with Gasteiger partial charge in [-0.05, 0) is 61.0 Å². The molecule has 0 aromatic heterocycles. The minimum Gasteiger partial charge on any atom is -0.451 e. The fourth-order valence-electron chi connectivity index (χ4n) is 6.07. The monoisotopic (exact) mass is 379 g/mol. The van der Waals surface area contributed by atoms with Crippen molar-refractivity contribution in [2.75, 3.05) is 0 Å². The fourth-order valence-corrected chi connectivity index (χ4v) is 6.07. The van der Waals surface area contributed by atoms with Crippen molar-refractivity contribution in [1.29, 1.82) is 0 Å². The number of carbonyl (C=O) groups is 1. The molecule has 0 heterocycles. The molecule has 2 N–H and O–H groups in total. The molecule has 28 heavy (non-hydrogen) atoms. The third kappa shape index (κ3) is 2.77. The van der Waals surface area contributed by atoms with Crippen LogP contribution in [0.3, 0.4) is 0 Å². The largest absolute Gasteiger partial charge is 0.451 e. The topological polar surface area (TPSA) is 52.3 Å². The fraction of sp³-hybridized carbons (Fsp3) is 0.458. The van der Waals surface area contributed by atoms with Crippen LogP contribution in [0.25, 0.3) is 0 Å². The van der Waals surface area contributed by atoms with Crippen LogP contribution in [-0.2, 0) is 9.53 Å². The zero-order valence-electron chi connectivity index (χ0n) is 15.9. The van der Waals surface area contributed by atoms with E-state index in [0.717, 1.165) is 24.0 Å². The number of nitrogens with two attached hydrogens (primary N) is 1. The van der Waals surface area contributed by atoms with E-state index in [1.165, 1.54) is 0 Å². The molecule has 6 rings (SSSR count). The van der Waals surface area contributed by atoms with Crippen molar-refractivity contribution in [3.8, 4) is 0 Å². The van der Waals surface area contributed by atoms with E-state index in [1.54, 1.807) is 0 Å². The van der Waals surface area contributed by atoms with Crippen molar-refractivity contribution < 1.29 is 13.9 Å². The lowest BCUT2D eigenvalue weighted by molar-refractivity contribution is -0.179. The van der Waals surface area contributed by atoms with Gasteiger partial charge in [0.15, 0.2) is 6.10 Å². The standard InChI is InChI=1S/C24H26FNO2/c25-23-13-16-11-19(14-23)24(26,20(12-16)15-23)22(27)28-21(17-7-3-1-4-8-17)18-9-5-2-6-10-18/h1-10,16,19-21H,11-15,26H2/t16-,19-,20-,23+,24-/m1/s1. The first-order valence-electron chi connectivity index (χ1n) is 10.3. The lowest BCUT2D eigenvalue weighted by Gasteiger charge is -2.60. The molecule has 4 saturated carbocycles. The van der Waals surface area contributed by atoms with Gasteiger partial charge < -0.3 is 10.5 Å². The van der Waals surface area contributed by atoms with Crippen molar-refractivity contribution in [3.63, 3.8) is 0 Å². The van der Waals surface area contributed by atoms with Gasteiger partial charge in [-0.2, -0.15) is 0 Å². The summed E-state index contributed by atoms with van der Waals surface area (Å²) in [5.74, 6) is -0.250. The van der Waals surface area contributed by atoms with Gasteiger partial charge in [0, 0.05) is 0 Å². The molecule has 0 saturated heterocycles. The maximum atomic E-state index is 15.1. The van der Waals surface area contributed by atoms with Crippen molar-refractivity contribution in [1.82, 2.24) is 0 Å². The first-order chi connectivity index (χ1) is 13.5. The highest BCUT2D eigenvalue weighted by molar-refractivity contribution is 5.82. The minimum atomic E-state index is -1.13. The summed E-state index contributed by atoms with van der Waals surface area (Å²) in [6.07, 6.45) is 2.61. The molecule has 2 atom stereocenters. The molecule has 3 nitrogen and oxygen atoms in total. The van der Waals surface area contributed by atoms with Gasteiger partial charge in [-0.25, -0.2) is 4.39 Å². The average molecular weight is 379 g/mol. The van der Waals surface area contributed by atoms with Gasteiger partial charge in [0.05, 0.1) is 0 Å². The highest BCUT2D eigenvalue weighted by atomic mass is 19.1. The SMILES string of the molecule is N[C@]1(C(=O)OC(c2ccccc2)c2ccccc2)[C@@H]2C[C@@H]3C[C@@H]1C[C@@](F)(C2)C3. The number of alkyl halides is 1. The predicted molar refractivity (Wildman–Crippen MR) is 105 cm³/mol. The summed E-state index contributed by atoms with van der Waals surface area (Å²) in [6, 6.07) is 19.5. The van der Waals surface area contributed by atoms with Gasteiger partial charge >= 0.3 is 5.97 Å². The third-order valence-electron chi connectivity index (χ3n) is 7.25. The third-order valence-corrected chi connectivity index (χ3v) is 7.25. The summed E-state index contributed by atoms with van der Waals surface area (Å²) in [5.41, 5.74) is 6.38. The summed E-state index contributed by atoms with van der Waals surface area (Å²) in [4.78, 5) is 13.4. The molecule has 0 spiro atoms. The van der Waals surface area contributed by atoms with E-state index in [9.17, 15) is 4.79 Å². The quantitative estimate of drug-likeness (QED) is 0.792. The minimum absolute atomic E-state index is 0.122. The van der Waals surface area contributed by atoms with E-state index >= 15 is 4.39 Å². The summed E-state index contributed by atoms with van der Waals surface area (Å²) < 4.78 is 21.2. The number of hydrogen-bond acceptors (Lipinski definition) is 3. The number of halogens is 1. The van der Waals surface area contributed by atoms with E-state index in [1.807, 2.05) is 60.7 Å². The lowest BCUT2D eigenvalue weighted by atomic mass is 9.48. The van der Waals surface area contributed by atoms with Crippen LogP contribution in [0, 0.1) is 17.8 Å².